The third-order valence-corrected chi connectivity index (χ3v) is 5.32. The van der Waals surface area contributed by atoms with E-state index in [4.69, 9.17) is 4.74 Å². The number of carboxylic acids is 1. The second-order valence-electron chi connectivity index (χ2n) is 7.30. The van der Waals surface area contributed by atoms with Crippen LogP contribution in [0.5, 0.6) is 5.75 Å². The highest BCUT2D eigenvalue weighted by atomic mass is 19.1. The number of hydrogen-bond acceptors (Lipinski definition) is 2. The van der Waals surface area contributed by atoms with Crippen molar-refractivity contribution in [3.05, 3.63) is 101 Å². The van der Waals surface area contributed by atoms with Gasteiger partial charge in [-0.1, -0.05) is 42.5 Å². The third-order valence-electron chi connectivity index (χ3n) is 5.32. The molecule has 0 saturated heterocycles. The zero-order chi connectivity index (χ0) is 20.4. The van der Waals surface area contributed by atoms with Crippen molar-refractivity contribution < 1.29 is 23.4 Å². The van der Waals surface area contributed by atoms with Crippen molar-refractivity contribution in [1.29, 1.82) is 0 Å². The normalized spacial score (nSPS) is 14.4. The molecule has 0 fully saturated rings. The zero-order valence-electron chi connectivity index (χ0n) is 15.6. The van der Waals surface area contributed by atoms with Gasteiger partial charge in [0.2, 0.25) is 0 Å². The monoisotopic (exact) mass is 394 g/mol. The van der Waals surface area contributed by atoms with E-state index in [1.165, 1.54) is 17.2 Å². The molecule has 0 amide bonds. The molecule has 1 unspecified atom stereocenters. The number of carboxylic acid groups (broad SMARTS) is 1. The van der Waals surface area contributed by atoms with Gasteiger partial charge in [0.1, 0.15) is 23.5 Å². The van der Waals surface area contributed by atoms with Gasteiger partial charge in [-0.15, -0.1) is 0 Å². The Morgan fingerprint density at radius 2 is 1.66 bits per heavy atom. The Labute approximate surface area is 167 Å². The smallest absolute Gasteiger partial charge is 0.304 e. The summed E-state index contributed by atoms with van der Waals surface area (Å²) < 4.78 is 33.6. The highest BCUT2D eigenvalue weighted by Crippen LogP contribution is 2.32. The standard InChI is InChI=1S/C24H20F2O3/c25-18-7-10-21(23(26)13-18)22(14-24(27)28)15-5-8-19(9-6-15)29-20-11-16-3-1-2-4-17(16)12-20/h1-10,13,20,22H,11-12,14H2,(H,27,28). The molecule has 3 aromatic carbocycles. The molecule has 0 radical (unpaired) electrons. The van der Waals surface area contributed by atoms with Crippen LogP contribution in [-0.4, -0.2) is 17.2 Å². The van der Waals surface area contributed by atoms with Crippen LogP contribution in [-0.2, 0) is 17.6 Å². The molecule has 148 valence electrons. The fraction of sp³-hybridized carbons (Fsp3) is 0.208. The predicted octanol–water partition coefficient (Wildman–Crippen LogP) is 5.12. The number of halogens is 2. The van der Waals surface area contributed by atoms with Gasteiger partial charge in [0.15, 0.2) is 0 Å². The maximum atomic E-state index is 14.3. The zero-order valence-corrected chi connectivity index (χ0v) is 15.6. The predicted molar refractivity (Wildman–Crippen MR) is 105 cm³/mol. The van der Waals surface area contributed by atoms with Crippen molar-refractivity contribution in [2.24, 2.45) is 0 Å². The van der Waals surface area contributed by atoms with Gasteiger partial charge in [-0.3, -0.25) is 4.79 Å². The lowest BCUT2D eigenvalue weighted by molar-refractivity contribution is -0.137. The first kappa shape index (κ1) is 19.1. The molecule has 1 aliphatic rings. The van der Waals surface area contributed by atoms with E-state index in [2.05, 4.69) is 12.1 Å². The number of carbonyl (C=O) groups is 1. The molecular weight excluding hydrogens is 374 g/mol. The first-order valence-electron chi connectivity index (χ1n) is 9.50. The summed E-state index contributed by atoms with van der Waals surface area (Å²) in [5.41, 5.74) is 3.39. The second-order valence-corrected chi connectivity index (χ2v) is 7.30. The molecule has 5 heteroatoms. The van der Waals surface area contributed by atoms with Crippen LogP contribution in [0.25, 0.3) is 0 Å². The summed E-state index contributed by atoms with van der Waals surface area (Å²) >= 11 is 0. The molecule has 0 heterocycles. The second kappa shape index (κ2) is 8.03. The lowest BCUT2D eigenvalue weighted by atomic mass is 9.88. The number of hydrogen-bond donors (Lipinski definition) is 1. The molecule has 1 N–H and O–H groups in total. The van der Waals surface area contributed by atoms with Crippen molar-refractivity contribution in [1.82, 2.24) is 0 Å². The Balaban J connectivity index is 1.52. The van der Waals surface area contributed by atoms with Crippen LogP contribution in [0.15, 0.2) is 66.7 Å². The maximum Gasteiger partial charge on any atom is 0.304 e. The summed E-state index contributed by atoms with van der Waals surface area (Å²) in [4.78, 5) is 11.3. The van der Waals surface area contributed by atoms with Crippen molar-refractivity contribution in [3.63, 3.8) is 0 Å². The number of aliphatic carboxylic acids is 1. The Morgan fingerprint density at radius 1 is 1.00 bits per heavy atom. The summed E-state index contributed by atoms with van der Waals surface area (Å²) in [5, 5.41) is 9.26. The van der Waals surface area contributed by atoms with Gasteiger partial charge in [-0.2, -0.15) is 0 Å². The van der Waals surface area contributed by atoms with Gasteiger partial charge in [-0.05, 0) is 40.5 Å². The molecule has 0 bridgehead atoms. The molecule has 1 atom stereocenters. The first-order valence-corrected chi connectivity index (χ1v) is 9.50. The van der Waals surface area contributed by atoms with Crippen molar-refractivity contribution in [3.8, 4) is 5.75 Å². The lowest BCUT2D eigenvalue weighted by Gasteiger charge is -2.18. The molecule has 3 nitrogen and oxygen atoms in total. The van der Waals surface area contributed by atoms with Crippen LogP contribution >= 0.6 is 0 Å². The Kier molecular flexibility index (Phi) is 5.30. The van der Waals surface area contributed by atoms with Crippen LogP contribution in [0.2, 0.25) is 0 Å². The van der Waals surface area contributed by atoms with Gasteiger partial charge < -0.3 is 9.84 Å². The van der Waals surface area contributed by atoms with Crippen LogP contribution in [0.4, 0.5) is 8.78 Å². The Morgan fingerprint density at radius 3 is 2.24 bits per heavy atom. The first-order chi connectivity index (χ1) is 14.0. The van der Waals surface area contributed by atoms with Gasteiger partial charge in [0.25, 0.3) is 0 Å². The molecule has 0 saturated carbocycles. The molecule has 0 aliphatic heterocycles. The number of rotatable bonds is 6. The van der Waals surface area contributed by atoms with Crippen LogP contribution in [0.3, 0.4) is 0 Å². The largest absolute Gasteiger partial charge is 0.490 e. The molecule has 4 rings (SSSR count). The lowest BCUT2D eigenvalue weighted by Crippen LogP contribution is -2.16. The van der Waals surface area contributed by atoms with E-state index in [9.17, 15) is 18.7 Å². The van der Waals surface area contributed by atoms with Gasteiger partial charge in [0.05, 0.1) is 6.42 Å². The molecule has 1 aliphatic carbocycles. The van der Waals surface area contributed by atoms with Gasteiger partial charge in [-0.25, -0.2) is 8.78 Å². The minimum Gasteiger partial charge on any atom is -0.490 e. The molecule has 29 heavy (non-hydrogen) atoms. The summed E-state index contributed by atoms with van der Waals surface area (Å²) in [6.07, 6.45) is 1.46. The maximum absolute atomic E-state index is 14.3. The minimum absolute atomic E-state index is 0.0580. The number of ether oxygens (including phenoxy) is 1. The summed E-state index contributed by atoms with van der Waals surface area (Å²) in [6.45, 7) is 0. The van der Waals surface area contributed by atoms with E-state index in [0.717, 1.165) is 25.0 Å². The molecular formula is C24H20F2O3. The van der Waals surface area contributed by atoms with E-state index in [1.807, 2.05) is 12.1 Å². The average molecular weight is 394 g/mol. The molecule has 0 aromatic heterocycles. The van der Waals surface area contributed by atoms with Gasteiger partial charge in [0, 0.05) is 24.8 Å². The minimum atomic E-state index is -1.05. The third kappa shape index (κ3) is 4.29. The van der Waals surface area contributed by atoms with E-state index in [-0.39, 0.29) is 18.1 Å². The Bertz CT molecular complexity index is 1010. The fourth-order valence-electron chi connectivity index (χ4n) is 3.94. The topological polar surface area (TPSA) is 46.5 Å². The summed E-state index contributed by atoms with van der Waals surface area (Å²) in [5.74, 6) is -2.53. The van der Waals surface area contributed by atoms with Crippen LogP contribution < -0.4 is 4.74 Å². The van der Waals surface area contributed by atoms with Crippen LogP contribution in [0.1, 0.15) is 34.6 Å². The number of fused-ring (bicyclic) bond motifs is 1. The summed E-state index contributed by atoms with van der Waals surface area (Å²) in [6, 6.07) is 18.5. The highest BCUT2D eigenvalue weighted by molar-refractivity contribution is 5.69. The number of benzene rings is 3. The van der Waals surface area contributed by atoms with Gasteiger partial charge >= 0.3 is 5.97 Å². The highest BCUT2D eigenvalue weighted by Gasteiger charge is 2.24. The van der Waals surface area contributed by atoms with E-state index in [0.29, 0.717) is 11.3 Å². The summed E-state index contributed by atoms with van der Waals surface area (Å²) in [7, 11) is 0. The molecule has 3 aromatic rings. The fourth-order valence-corrected chi connectivity index (χ4v) is 3.94. The van der Waals surface area contributed by atoms with Crippen molar-refractivity contribution in [2.45, 2.75) is 31.3 Å². The van der Waals surface area contributed by atoms with E-state index >= 15 is 0 Å². The van der Waals surface area contributed by atoms with Crippen molar-refractivity contribution in [2.75, 3.05) is 0 Å². The quantitative estimate of drug-likeness (QED) is 0.631. The molecule has 0 spiro atoms. The SMILES string of the molecule is O=C(O)CC(c1ccc(OC2Cc3ccccc3C2)cc1)c1ccc(F)cc1F. The Hall–Kier alpha value is -3.21. The van der Waals surface area contributed by atoms with Crippen LogP contribution in [0, 0.1) is 11.6 Å². The average Bonchev–Trinajstić information content (AvgIpc) is 3.09. The van der Waals surface area contributed by atoms with E-state index in [1.54, 1.807) is 24.3 Å². The van der Waals surface area contributed by atoms with Crippen molar-refractivity contribution >= 4 is 5.97 Å². The van der Waals surface area contributed by atoms with E-state index < -0.39 is 23.5 Å².